The number of piperidine rings is 1. The van der Waals surface area contributed by atoms with Crippen LogP contribution in [0, 0.1) is 0 Å². The Hall–Kier alpha value is -2.55. The van der Waals surface area contributed by atoms with E-state index in [0.29, 0.717) is 22.0 Å². The number of thiophene rings is 1. The van der Waals surface area contributed by atoms with Gasteiger partial charge in [-0.05, 0) is 80.8 Å². The molecule has 6 rings (SSSR count). The van der Waals surface area contributed by atoms with Gasteiger partial charge >= 0.3 is 6.16 Å². The molecule has 39 heavy (non-hydrogen) atoms. The predicted molar refractivity (Wildman–Crippen MR) is 155 cm³/mol. The molecule has 208 valence electrons. The van der Waals surface area contributed by atoms with Gasteiger partial charge in [0, 0.05) is 30.2 Å². The van der Waals surface area contributed by atoms with Gasteiger partial charge in [-0.3, -0.25) is 4.79 Å². The first kappa shape index (κ1) is 26.7. The number of nitrogens with zero attached hydrogens (tertiary/aromatic N) is 3. The fourth-order valence-electron chi connectivity index (χ4n) is 6.94. The zero-order valence-electron chi connectivity index (χ0n) is 22.2. The van der Waals surface area contributed by atoms with E-state index in [1.54, 1.807) is 6.07 Å². The molecule has 1 aromatic carbocycles. The second-order valence-corrected chi connectivity index (χ2v) is 12.6. The zero-order valence-corrected chi connectivity index (χ0v) is 23.8. The van der Waals surface area contributed by atoms with E-state index in [1.807, 2.05) is 29.2 Å². The summed E-state index contributed by atoms with van der Waals surface area (Å²) in [5, 5.41) is 10.3. The summed E-state index contributed by atoms with van der Waals surface area (Å²) < 4.78 is 8.25. The molecule has 1 amide bonds. The minimum atomic E-state index is -1.32. The summed E-state index contributed by atoms with van der Waals surface area (Å²) in [5.41, 5.74) is 4.19. The van der Waals surface area contributed by atoms with E-state index < -0.39 is 6.16 Å². The minimum absolute atomic E-state index is 0.115. The fourth-order valence-corrected chi connectivity index (χ4v) is 8.20. The van der Waals surface area contributed by atoms with Crippen molar-refractivity contribution < 1.29 is 19.4 Å². The smallest absolute Gasteiger partial charge is 0.449 e. The highest BCUT2D eigenvalue weighted by atomic mass is 35.5. The third-order valence-corrected chi connectivity index (χ3v) is 10.1. The highest BCUT2D eigenvalue weighted by Crippen LogP contribution is 2.48. The molecule has 2 aliphatic heterocycles. The number of likely N-dealkylation sites (tertiary alicyclic amines) is 2. The molecule has 3 fully saturated rings. The lowest BCUT2D eigenvalue weighted by atomic mass is 9.83. The average Bonchev–Trinajstić information content (AvgIpc) is 3.67. The molecule has 4 heterocycles. The van der Waals surface area contributed by atoms with Gasteiger partial charge in [0.1, 0.15) is 6.54 Å². The van der Waals surface area contributed by atoms with Crippen LogP contribution in [0.3, 0.4) is 0 Å². The summed E-state index contributed by atoms with van der Waals surface area (Å²) in [5.74, 6) is 0.472. The van der Waals surface area contributed by atoms with Crippen molar-refractivity contribution in [3.05, 3.63) is 40.9 Å². The summed E-state index contributed by atoms with van der Waals surface area (Å²) in [6.45, 7) is 4.17. The van der Waals surface area contributed by atoms with Crippen LogP contribution in [0.2, 0.25) is 5.02 Å². The van der Waals surface area contributed by atoms with E-state index in [0.717, 1.165) is 60.2 Å². The molecular formula is C30H36ClN3O4S. The minimum Gasteiger partial charge on any atom is -0.449 e. The van der Waals surface area contributed by atoms with Gasteiger partial charge < -0.3 is 24.2 Å². The third kappa shape index (κ3) is 5.56. The van der Waals surface area contributed by atoms with Crippen molar-refractivity contribution in [2.24, 2.45) is 0 Å². The van der Waals surface area contributed by atoms with E-state index in [4.69, 9.17) is 16.3 Å². The van der Waals surface area contributed by atoms with Crippen LogP contribution in [0.15, 0.2) is 30.3 Å². The van der Waals surface area contributed by atoms with Crippen molar-refractivity contribution >= 4 is 45.2 Å². The van der Waals surface area contributed by atoms with Crippen LogP contribution >= 0.6 is 22.9 Å². The Labute approximate surface area is 238 Å². The average molecular weight is 570 g/mol. The van der Waals surface area contributed by atoms with E-state index in [-0.39, 0.29) is 12.5 Å². The molecular weight excluding hydrogens is 534 g/mol. The molecule has 0 spiro atoms. The molecule has 0 atom stereocenters. The predicted octanol–water partition coefficient (Wildman–Crippen LogP) is 7.21. The molecule has 1 saturated carbocycles. The molecule has 3 aromatic rings. The van der Waals surface area contributed by atoms with Crippen LogP contribution in [0.1, 0.15) is 69.3 Å². The number of carbonyl (C=O) groups excluding carboxylic acids is 1. The number of hydrogen-bond donors (Lipinski definition) is 1. The molecule has 9 heteroatoms. The van der Waals surface area contributed by atoms with Crippen LogP contribution in [0.4, 0.5) is 4.79 Å². The number of amides is 1. The van der Waals surface area contributed by atoms with Crippen LogP contribution in [-0.2, 0) is 11.3 Å². The van der Waals surface area contributed by atoms with Crippen molar-refractivity contribution in [2.75, 3.05) is 26.2 Å². The van der Waals surface area contributed by atoms with Gasteiger partial charge in [0.15, 0.2) is 5.06 Å². The summed E-state index contributed by atoms with van der Waals surface area (Å²) in [4.78, 5) is 29.8. The maximum absolute atomic E-state index is 13.8. The van der Waals surface area contributed by atoms with E-state index in [2.05, 4.69) is 9.47 Å². The molecule has 1 N–H and O–H groups in total. The number of halogens is 1. The normalized spacial score (nSPS) is 19.7. The molecule has 2 saturated heterocycles. The maximum Gasteiger partial charge on any atom is 0.512 e. The summed E-state index contributed by atoms with van der Waals surface area (Å²) in [6.07, 6.45) is 9.06. The second-order valence-electron chi connectivity index (χ2n) is 11.2. The van der Waals surface area contributed by atoms with Crippen LogP contribution in [0.25, 0.3) is 21.5 Å². The van der Waals surface area contributed by atoms with Gasteiger partial charge in [0.05, 0.1) is 15.9 Å². The lowest BCUT2D eigenvalue weighted by molar-refractivity contribution is -0.133. The Morgan fingerprint density at radius 2 is 1.64 bits per heavy atom. The Morgan fingerprint density at radius 1 is 0.949 bits per heavy atom. The highest BCUT2D eigenvalue weighted by molar-refractivity contribution is 7.21. The van der Waals surface area contributed by atoms with Crippen LogP contribution < -0.4 is 4.74 Å². The van der Waals surface area contributed by atoms with Crippen molar-refractivity contribution in [1.29, 1.82) is 0 Å². The number of benzene rings is 1. The number of carboxylic acid groups (broad SMARTS) is 1. The van der Waals surface area contributed by atoms with Crippen LogP contribution in [0.5, 0.6) is 5.06 Å². The molecule has 0 radical (unpaired) electrons. The third-order valence-electron chi connectivity index (χ3n) is 8.84. The van der Waals surface area contributed by atoms with Crippen molar-refractivity contribution in [3.8, 4) is 16.3 Å². The van der Waals surface area contributed by atoms with E-state index >= 15 is 0 Å². The molecule has 1 aliphatic carbocycles. The van der Waals surface area contributed by atoms with Crippen LogP contribution in [-0.4, -0.2) is 63.8 Å². The van der Waals surface area contributed by atoms with Gasteiger partial charge in [-0.1, -0.05) is 54.3 Å². The van der Waals surface area contributed by atoms with Gasteiger partial charge in [0.25, 0.3) is 0 Å². The SMILES string of the molecule is O=C(O)Oc1cc2c(s1)c(C1CCCCC1)c(-c1ccc(Cl)cc1)n2CC(=O)N1CCC(N2CCCC2)CC1. The van der Waals surface area contributed by atoms with Crippen molar-refractivity contribution in [2.45, 2.75) is 76.3 Å². The highest BCUT2D eigenvalue weighted by Gasteiger charge is 2.32. The molecule has 2 aromatic heterocycles. The number of hydrogen-bond acceptors (Lipinski definition) is 5. The Bertz CT molecular complexity index is 1330. The van der Waals surface area contributed by atoms with Gasteiger partial charge in [0.2, 0.25) is 5.91 Å². The molecule has 0 unspecified atom stereocenters. The Kier molecular flexibility index (Phi) is 7.87. The van der Waals surface area contributed by atoms with E-state index in [1.165, 1.54) is 62.1 Å². The van der Waals surface area contributed by atoms with Crippen molar-refractivity contribution in [1.82, 2.24) is 14.4 Å². The number of aromatic nitrogens is 1. The summed E-state index contributed by atoms with van der Waals surface area (Å²) >= 11 is 7.63. The quantitative estimate of drug-likeness (QED) is 0.317. The number of rotatable bonds is 6. The maximum atomic E-state index is 13.8. The number of ether oxygens (including phenoxy) is 1. The molecule has 7 nitrogen and oxygen atoms in total. The molecule has 0 bridgehead atoms. The topological polar surface area (TPSA) is 75.0 Å². The second kappa shape index (κ2) is 11.5. The monoisotopic (exact) mass is 569 g/mol. The Balaban J connectivity index is 1.37. The first-order valence-electron chi connectivity index (χ1n) is 14.3. The lowest BCUT2D eigenvalue weighted by Gasteiger charge is -2.36. The molecule has 3 aliphatic rings. The number of fused-ring (bicyclic) bond motifs is 1. The zero-order chi connectivity index (χ0) is 26.9. The van der Waals surface area contributed by atoms with Gasteiger partial charge in [-0.15, -0.1) is 0 Å². The first-order chi connectivity index (χ1) is 19.0. The summed E-state index contributed by atoms with van der Waals surface area (Å²) in [6, 6.07) is 10.3. The van der Waals surface area contributed by atoms with E-state index in [9.17, 15) is 14.7 Å². The lowest BCUT2D eigenvalue weighted by Crippen LogP contribution is -2.46. The van der Waals surface area contributed by atoms with Gasteiger partial charge in [-0.25, -0.2) is 4.79 Å². The first-order valence-corrected chi connectivity index (χ1v) is 15.5. The largest absolute Gasteiger partial charge is 0.512 e. The fraction of sp³-hybridized carbons (Fsp3) is 0.533. The van der Waals surface area contributed by atoms with Gasteiger partial charge in [-0.2, -0.15) is 0 Å². The summed E-state index contributed by atoms with van der Waals surface area (Å²) in [7, 11) is 0. The standard InChI is InChI=1S/C30H36ClN3O4S/c31-22-10-8-21(9-11-22)28-27(20-6-2-1-3-7-20)29-24(18-26(39-29)38-30(36)37)34(28)19-25(35)33-16-12-23(13-17-33)32-14-4-5-15-32/h8-11,18,20,23H,1-7,12-17,19H2,(H,36,37). The number of carbonyl (C=O) groups is 2. The van der Waals surface area contributed by atoms with Crippen molar-refractivity contribution in [3.63, 3.8) is 0 Å². The Morgan fingerprint density at radius 3 is 2.31 bits per heavy atom.